The molecule has 6 aromatic rings. The Balaban J connectivity index is 0.821. The number of unbranched alkanes of at least 4 members (excludes halogenated alkanes) is 6. The van der Waals surface area contributed by atoms with Gasteiger partial charge in [-0.15, -0.1) is 0 Å². The minimum atomic E-state index is -0.764. The van der Waals surface area contributed by atoms with Crippen LogP contribution in [0.2, 0.25) is 0 Å². The van der Waals surface area contributed by atoms with E-state index in [2.05, 4.69) is 39.9 Å². The standard InChI is InChI=1S/C55H62N4O7/c60-48-25-23-46(47-24-26-52(63)57-54(47)48)49(61)36-56-29-15-4-2-1-3-5-16-32-65-45-34-43(39-17-9-6-10-18-39)33-44(35-45)53(42-21-13-8-14-22-42)58-55(64)66-51-38-59(30-27-41(51)28-31-59)37-50(62)40-19-11-7-12-20-40/h6-14,17-26,33-35,41,49,51,53,56,61H,1-5,15-16,27-32,36-38H2,(H2-,57,58,60,63,64)/p+1/t41?,49-,51?,53?,59?/m0/s1. The normalized spacial score (nSPS) is 18.7. The van der Waals surface area contributed by atoms with Crippen LogP contribution in [0.4, 0.5) is 4.79 Å². The Morgan fingerprint density at radius 1 is 0.742 bits per heavy atom. The predicted octanol–water partition coefficient (Wildman–Crippen LogP) is 9.64. The van der Waals surface area contributed by atoms with E-state index in [0.29, 0.717) is 47.2 Å². The number of fused-ring (bicyclic) bond motifs is 4. The molecule has 9 rings (SSSR count). The molecule has 3 aliphatic rings. The van der Waals surface area contributed by atoms with E-state index in [1.807, 2.05) is 84.9 Å². The monoisotopic (exact) mass is 891 g/mol. The second-order valence-electron chi connectivity index (χ2n) is 18.2. The number of carbonyl (C=O) groups excluding carboxylic acids is 2. The van der Waals surface area contributed by atoms with Crippen LogP contribution >= 0.6 is 0 Å². The zero-order chi connectivity index (χ0) is 45.7. The molecule has 11 nitrogen and oxygen atoms in total. The highest BCUT2D eigenvalue weighted by Gasteiger charge is 2.48. The van der Waals surface area contributed by atoms with Crippen molar-refractivity contribution in [3.63, 3.8) is 0 Å². The molecule has 3 saturated heterocycles. The molecule has 2 bridgehead atoms. The summed E-state index contributed by atoms with van der Waals surface area (Å²) >= 11 is 0. The van der Waals surface area contributed by atoms with Crippen LogP contribution in [-0.2, 0) is 4.74 Å². The van der Waals surface area contributed by atoms with Gasteiger partial charge in [0.05, 0.1) is 37.4 Å². The molecule has 0 aliphatic carbocycles. The summed E-state index contributed by atoms with van der Waals surface area (Å²) in [6, 6.07) is 41.7. The summed E-state index contributed by atoms with van der Waals surface area (Å²) in [6.07, 6.45) is 7.86. The second-order valence-corrected chi connectivity index (χ2v) is 18.2. The Hall–Kier alpha value is -6.27. The van der Waals surface area contributed by atoms with Crippen molar-refractivity contribution in [2.75, 3.05) is 45.9 Å². The first kappa shape index (κ1) is 46.3. The number of ketones is 1. The maximum atomic E-state index is 14.0. The fourth-order valence-electron chi connectivity index (χ4n) is 9.88. The smallest absolute Gasteiger partial charge is 0.408 e. The number of amides is 1. The van der Waals surface area contributed by atoms with Crippen LogP contribution in [0.15, 0.2) is 138 Å². The molecule has 344 valence electrons. The van der Waals surface area contributed by atoms with Crippen molar-refractivity contribution in [3.8, 4) is 22.6 Å². The largest absolute Gasteiger partial charge is 0.506 e. The third kappa shape index (κ3) is 11.9. The van der Waals surface area contributed by atoms with E-state index in [0.717, 1.165) is 111 Å². The van der Waals surface area contributed by atoms with Crippen molar-refractivity contribution in [2.45, 2.75) is 76.0 Å². The molecule has 5 aromatic carbocycles. The fourth-order valence-corrected chi connectivity index (χ4v) is 9.88. The van der Waals surface area contributed by atoms with Crippen LogP contribution in [0.1, 0.15) is 97.0 Å². The van der Waals surface area contributed by atoms with Crippen molar-refractivity contribution in [1.29, 1.82) is 0 Å². The molecule has 11 heteroatoms. The van der Waals surface area contributed by atoms with Gasteiger partial charge in [0, 0.05) is 42.3 Å². The lowest BCUT2D eigenvalue weighted by molar-refractivity contribution is -0.938. The number of aromatic hydroxyl groups is 1. The quantitative estimate of drug-likeness (QED) is 0.0257. The van der Waals surface area contributed by atoms with E-state index in [9.17, 15) is 24.6 Å². The van der Waals surface area contributed by atoms with E-state index in [1.54, 1.807) is 12.1 Å². The number of H-pyrrole nitrogens is 1. The molecule has 2 unspecified atom stereocenters. The van der Waals surface area contributed by atoms with Crippen molar-refractivity contribution in [3.05, 3.63) is 166 Å². The number of aliphatic hydroxyl groups excluding tert-OH is 1. The number of carbonyl (C=O) groups is 2. The first-order chi connectivity index (χ1) is 32.2. The van der Waals surface area contributed by atoms with Gasteiger partial charge in [0.15, 0.2) is 6.10 Å². The number of rotatable bonds is 22. The fraction of sp³-hybridized carbons (Fsp3) is 0.364. The van der Waals surface area contributed by atoms with E-state index in [4.69, 9.17) is 9.47 Å². The number of nitrogens with zero attached hydrogens (tertiary/aromatic N) is 1. The molecular weight excluding hydrogens is 829 g/mol. The highest BCUT2D eigenvalue weighted by atomic mass is 16.6. The van der Waals surface area contributed by atoms with Crippen molar-refractivity contribution in [1.82, 2.24) is 15.6 Å². The number of hydrogen-bond donors (Lipinski definition) is 5. The van der Waals surface area contributed by atoms with Crippen LogP contribution in [0.5, 0.6) is 11.5 Å². The SMILES string of the molecule is O=C(NC(c1ccccc1)c1cc(OCCCCCCCCCNC[C@H](O)c2ccc(O)c3[nH]c(=O)ccc23)cc(-c2ccccc2)c1)OC1C[N+]2(CC(=O)c3ccccc3)CCC1CC2. The number of phenols is 1. The number of aliphatic hydroxyl groups is 1. The average molecular weight is 892 g/mol. The van der Waals surface area contributed by atoms with Crippen LogP contribution in [0, 0.1) is 5.92 Å². The number of pyridine rings is 1. The molecule has 3 aliphatic heterocycles. The van der Waals surface area contributed by atoms with Crippen molar-refractivity contribution in [2.24, 2.45) is 5.92 Å². The lowest BCUT2D eigenvalue weighted by Gasteiger charge is -2.51. The Morgan fingerprint density at radius 2 is 1.42 bits per heavy atom. The molecule has 1 aromatic heterocycles. The minimum absolute atomic E-state index is 0.0180. The second kappa shape index (κ2) is 22.3. The molecule has 0 spiro atoms. The van der Waals surface area contributed by atoms with Gasteiger partial charge in [-0.3, -0.25) is 9.59 Å². The Bertz CT molecular complexity index is 2580. The summed E-state index contributed by atoms with van der Waals surface area (Å²) in [5, 5.41) is 28.2. The molecule has 3 atom stereocenters. The summed E-state index contributed by atoms with van der Waals surface area (Å²) < 4.78 is 13.4. The summed E-state index contributed by atoms with van der Waals surface area (Å²) in [6.45, 7) is 4.67. The van der Waals surface area contributed by atoms with E-state index >= 15 is 0 Å². The Labute approximate surface area is 387 Å². The first-order valence-corrected chi connectivity index (χ1v) is 23.8. The maximum Gasteiger partial charge on any atom is 0.408 e. The molecule has 66 heavy (non-hydrogen) atoms. The number of phenolic OH excluding ortho intramolecular Hbond substituents is 1. The summed E-state index contributed by atoms with van der Waals surface area (Å²) in [5.41, 5.74) is 5.32. The molecule has 5 N–H and O–H groups in total. The first-order valence-electron chi connectivity index (χ1n) is 23.8. The highest BCUT2D eigenvalue weighted by Crippen LogP contribution is 2.37. The number of hydrogen-bond acceptors (Lipinski definition) is 8. The zero-order valence-corrected chi connectivity index (χ0v) is 37.7. The predicted molar refractivity (Wildman–Crippen MR) is 259 cm³/mol. The number of benzene rings is 5. The van der Waals surface area contributed by atoms with Crippen molar-refractivity contribution < 1.29 is 33.8 Å². The number of alkyl carbamates (subject to hydrolysis) is 1. The Kier molecular flexibility index (Phi) is 15.6. The Morgan fingerprint density at radius 3 is 2.17 bits per heavy atom. The molecular formula is C55H63N4O7+. The lowest BCUT2D eigenvalue weighted by atomic mass is 9.83. The average Bonchev–Trinajstić information content (AvgIpc) is 3.34. The molecule has 0 radical (unpaired) electrons. The van der Waals surface area contributed by atoms with Crippen molar-refractivity contribution >= 4 is 22.8 Å². The molecule has 3 fully saturated rings. The third-order valence-corrected chi connectivity index (χ3v) is 13.5. The summed E-state index contributed by atoms with van der Waals surface area (Å²) in [5.74, 6) is 1.15. The van der Waals surface area contributed by atoms with Crippen LogP contribution in [0.25, 0.3) is 22.0 Å². The van der Waals surface area contributed by atoms with E-state index < -0.39 is 18.2 Å². The molecule has 0 saturated carbocycles. The summed E-state index contributed by atoms with van der Waals surface area (Å²) in [4.78, 5) is 41.7. The minimum Gasteiger partial charge on any atom is -0.506 e. The van der Waals surface area contributed by atoms with Gasteiger partial charge in [-0.05, 0) is 77.5 Å². The third-order valence-electron chi connectivity index (χ3n) is 13.5. The number of aromatic amines is 1. The van der Waals surface area contributed by atoms with Gasteiger partial charge in [0.25, 0.3) is 0 Å². The van der Waals surface area contributed by atoms with Gasteiger partial charge < -0.3 is 39.8 Å². The number of ether oxygens (including phenoxy) is 2. The lowest BCUT2D eigenvalue weighted by Crippen LogP contribution is -2.66. The maximum absolute atomic E-state index is 14.0. The van der Waals surface area contributed by atoms with Gasteiger partial charge in [-0.2, -0.15) is 0 Å². The van der Waals surface area contributed by atoms with Crippen LogP contribution in [-0.4, -0.2) is 83.5 Å². The highest BCUT2D eigenvalue weighted by molar-refractivity contribution is 5.97. The van der Waals surface area contributed by atoms with Gasteiger partial charge in [0.2, 0.25) is 11.3 Å². The molecule has 1 amide bonds. The topological polar surface area (TPSA) is 150 Å². The van der Waals surface area contributed by atoms with Gasteiger partial charge in [-0.1, -0.05) is 129 Å². The summed E-state index contributed by atoms with van der Waals surface area (Å²) in [7, 11) is 0. The number of aromatic nitrogens is 1. The van der Waals surface area contributed by atoms with Crippen LogP contribution in [0.3, 0.4) is 0 Å². The van der Waals surface area contributed by atoms with Gasteiger partial charge >= 0.3 is 6.09 Å². The molecule has 4 heterocycles. The van der Waals surface area contributed by atoms with Crippen LogP contribution < -0.4 is 20.9 Å². The van der Waals surface area contributed by atoms with E-state index in [1.165, 1.54) is 12.1 Å². The van der Waals surface area contributed by atoms with E-state index in [-0.39, 0.29) is 29.1 Å². The number of quaternary nitrogens is 1. The number of nitrogens with one attached hydrogen (secondary N) is 3. The van der Waals surface area contributed by atoms with Gasteiger partial charge in [0.1, 0.15) is 24.6 Å². The number of Topliss-reactive ketones (excluding diaryl/α,β-unsaturated/α-hetero) is 1. The van der Waals surface area contributed by atoms with Gasteiger partial charge in [-0.25, -0.2) is 4.79 Å². The number of piperidine rings is 3. The zero-order valence-electron chi connectivity index (χ0n) is 37.7.